The lowest BCUT2D eigenvalue weighted by Crippen LogP contribution is -2.41. The topological polar surface area (TPSA) is 40.2 Å². The van der Waals surface area contributed by atoms with Gasteiger partial charge < -0.3 is 23.7 Å². The molecule has 374 valence electrons. The molecule has 0 unspecified atom stereocenters. The summed E-state index contributed by atoms with van der Waals surface area (Å²) < 4.78 is 26.2. The highest BCUT2D eigenvalue weighted by Gasteiger charge is 2.54. The fourth-order valence-electron chi connectivity index (χ4n) is 14.0. The molecule has 6 heteroatoms. The van der Waals surface area contributed by atoms with E-state index in [1.807, 2.05) is 0 Å². The van der Waals surface area contributed by atoms with Crippen LogP contribution in [-0.2, 0) is 41.4 Å². The molecule has 75 heavy (non-hydrogen) atoms. The predicted molar refractivity (Wildman–Crippen MR) is 306 cm³/mol. The number of anilines is 3. The molecule has 0 saturated carbocycles. The van der Waals surface area contributed by atoms with E-state index in [1.165, 1.54) is 94.6 Å². The minimum atomic E-state index is -0.476. The molecule has 0 bridgehead atoms. The molecule has 1 spiro atoms. The van der Waals surface area contributed by atoms with Crippen LogP contribution in [0.2, 0.25) is 0 Å². The monoisotopic (exact) mass is 984 g/mol. The highest BCUT2D eigenvalue weighted by Crippen LogP contribution is 2.65. The summed E-state index contributed by atoms with van der Waals surface area (Å²) in [7, 11) is -0.437. The molecule has 0 aromatic heterocycles. The van der Waals surface area contributed by atoms with Gasteiger partial charge in [0.2, 0.25) is 0 Å². The molecular formula is C69H66BNO4. The maximum absolute atomic E-state index is 6.61. The summed E-state index contributed by atoms with van der Waals surface area (Å²) in [6, 6.07) is 62.7. The Bertz CT molecular complexity index is 3690. The number of nitrogens with zero attached hydrogens (tertiary/aromatic N) is 1. The molecular weight excluding hydrogens is 918 g/mol. The molecule has 0 N–H and O–H groups in total. The van der Waals surface area contributed by atoms with Crippen molar-refractivity contribution in [3.63, 3.8) is 0 Å². The van der Waals surface area contributed by atoms with Gasteiger partial charge in [0.05, 0.1) is 33.5 Å². The van der Waals surface area contributed by atoms with Gasteiger partial charge in [-0.05, 0) is 180 Å². The zero-order chi connectivity index (χ0) is 52.0. The van der Waals surface area contributed by atoms with E-state index in [1.54, 1.807) is 0 Å². The lowest BCUT2D eigenvalue weighted by molar-refractivity contribution is -0.0846. The zero-order valence-electron chi connectivity index (χ0n) is 45.5. The largest absolute Gasteiger partial charge is 0.494 e. The molecule has 2 fully saturated rings. The molecule has 14 rings (SSSR count). The van der Waals surface area contributed by atoms with E-state index in [0.29, 0.717) is 6.42 Å². The van der Waals surface area contributed by atoms with Crippen LogP contribution in [-0.4, -0.2) is 35.8 Å². The van der Waals surface area contributed by atoms with Gasteiger partial charge in [-0.3, -0.25) is 0 Å². The fraction of sp³-hybridized carbons (Fsp3) is 0.304. The molecule has 2 heterocycles. The molecule has 6 aliphatic rings. The minimum absolute atomic E-state index is 0.276. The molecule has 0 amide bonds. The smallest absolute Gasteiger partial charge is 0.399 e. The summed E-state index contributed by atoms with van der Waals surface area (Å²) >= 11 is 0. The maximum Gasteiger partial charge on any atom is 0.494 e. The van der Waals surface area contributed by atoms with Crippen LogP contribution < -0.4 is 10.4 Å². The Morgan fingerprint density at radius 3 is 1.36 bits per heavy atom. The Morgan fingerprint density at radius 2 is 0.813 bits per heavy atom. The summed E-state index contributed by atoms with van der Waals surface area (Å²) in [6.07, 6.45) is 0.395. The lowest BCUT2D eigenvalue weighted by Gasteiger charge is -2.33. The number of benzene rings is 8. The number of ether oxygens (including phenoxy) is 2. The second kappa shape index (κ2) is 15.3. The first-order chi connectivity index (χ1) is 35.6. The highest BCUT2D eigenvalue weighted by molar-refractivity contribution is 6.62. The first kappa shape index (κ1) is 47.0. The Kier molecular flexibility index (Phi) is 9.59. The van der Waals surface area contributed by atoms with Gasteiger partial charge in [0, 0.05) is 34.2 Å². The molecule has 8 aromatic carbocycles. The van der Waals surface area contributed by atoms with Crippen molar-refractivity contribution < 1.29 is 18.8 Å². The average Bonchev–Trinajstić information content (AvgIpc) is 4.16. The van der Waals surface area contributed by atoms with Crippen molar-refractivity contribution in [1.29, 1.82) is 0 Å². The number of rotatable bonds is 6. The molecule has 0 radical (unpaired) electrons. The fourth-order valence-corrected chi connectivity index (χ4v) is 14.0. The van der Waals surface area contributed by atoms with Crippen LogP contribution in [0.1, 0.15) is 133 Å². The Morgan fingerprint density at radius 1 is 0.387 bits per heavy atom. The standard InChI is InChI=1S/C69H66BNO4/c1-63(2)56-36-41(37-61-72-65(5,6)66(7,8)73-61)28-32-47(56)49-34-30-43(39-58(49)63)71(44-31-35-50-48-33-29-42(38-57(48)64(3,4)59(50)40-44)70-74-67(9,10)68(11,12)75-70)60-27-19-26-55-62(60)51-22-15-18-25-54(51)69(55)52-23-16-13-20-45(52)46-21-14-17-24-53(46)69/h13-36,38-40,61H,37H2,1-12H3. The third kappa shape index (κ3) is 6.29. The molecule has 0 atom stereocenters. The van der Waals surface area contributed by atoms with E-state index in [9.17, 15) is 0 Å². The second-order valence-corrected chi connectivity index (χ2v) is 25.3. The third-order valence-electron chi connectivity index (χ3n) is 19.4. The quantitative estimate of drug-likeness (QED) is 0.155. The van der Waals surface area contributed by atoms with Gasteiger partial charge in [0.25, 0.3) is 0 Å². The summed E-state index contributed by atoms with van der Waals surface area (Å²) in [6.45, 7) is 26.6. The van der Waals surface area contributed by atoms with Gasteiger partial charge >= 0.3 is 7.12 Å². The van der Waals surface area contributed by atoms with E-state index in [4.69, 9.17) is 18.8 Å². The van der Waals surface area contributed by atoms with E-state index in [-0.39, 0.29) is 28.3 Å². The van der Waals surface area contributed by atoms with E-state index in [0.717, 1.165) is 22.5 Å². The third-order valence-corrected chi connectivity index (χ3v) is 19.4. The van der Waals surface area contributed by atoms with Crippen molar-refractivity contribution in [2.45, 2.75) is 134 Å². The van der Waals surface area contributed by atoms with Gasteiger partial charge in [-0.15, -0.1) is 0 Å². The van der Waals surface area contributed by atoms with Crippen molar-refractivity contribution in [3.8, 4) is 44.5 Å². The van der Waals surface area contributed by atoms with Crippen molar-refractivity contribution >= 4 is 29.6 Å². The number of hydrogen-bond acceptors (Lipinski definition) is 5. The summed E-state index contributed by atoms with van der Waals surface area (Å²) in [5, 5.41) is 0. The summed E-state index contributed by atoms with van der Waals surface area (Å²) in [5.41, 5.74) is 23.8. The van der Waals surface area contributed by atoms with Gasteiger partial charge in [-0.1, -0.05) is 161 Å². The second-order valence-electron chi connectivity index (χ2n) is 25.3. The van der Waals surface area contributed by atoms with Crippen LogP contribution in [0.5, 0.6) is 0 Å². The van der Waals surface area contributed by atoms with Gasteiger partial charge in [0.1, 0.15) is 0 Å². The van der Waals surface area contributed by atoms with Crippen molar-refractivity contribution in [2.24, 2.45) is 0 Å². The van der Waals surface area contributed by atoms with E-state index < -0.39 is 23.7 Å². The predicted octanol–water partition coefficient (Wildman–Crippen LogP) is 15.9. The molecule has 2 aliphatic heterocycles. The molecule has 5 nitrogen and oxygen atoms in total. The maximum atomic E-state index is 6.61. The van der Waals surface area contributed by atoms with Crippen LogP contribution in [0.25, 0.3) is 44.5 Å². The normalized spacial score (nSPS) is 20.2. The van der Waals surface area contributed by atoms with Crippen molar-refractivity contribution in [3.05, 3.63) is 214 Å². The van der Waals surface area contributed by atoms with E-state index in [2.05, 4.69) is 252 Å². The van der Waals surface area contributed by atoms with Crippen LogP contribution in [0.15, 0.2) is 164 Å². The Hall–Kier alpha value is -6.54. The molecule has 8 aromatic rings. The van der Waals surface area contributed by atoms with Crippen molar-refractivity contribution in [1.82, 2.24) is 0 Å². The average molecular weight is 984 g/mol. The molecule has 4 aliphatic carbocycles. The first-order valence-corrected chi connectivity index (χ1v) is 27.2. The van der Waals surface area contributed by atoms with Crippen LogP contribution in [0, 0.1) is 0 Å². The van der Waals surface area contributed by atoms with Gasteiger partial charge in [-0.2, -0.15) is 0 Å². The van der Waals surface area contributed by atoms with Crippen LogP contribution >= 0.6 is 0 Å². The summed E-state index contributed by atoms with van der Waals surface area (Å²) in [4.78, 5) is 2.57. The summed E-state index contributed by atoms with van der Waals surface area (Å²) in [5.74, 6) is 0. The highest BCUT2D eigenvalue weighted by atomic mass is 16.7. The molecule has 2 saturated heterocycles. The van der Waals surface area contributed by atoms with Crippen molar-refractivity contribution in [2.75, 3.05) is 4.90 Å². The van der Waals surface area contributed by atoms with Gasteiger partial charge in [-0.25, -0.2) is 0 Å². The minimum Gasteiger partial charge on any atom is -0.399 e. The van der Waals surface area contributed by atoms with Crippen LogP contribution in [0.3, 0.4) is 0 Å². The first-order valence-electron chi connectivity index (χ1n) is 27.2. The van der Waals surface area contributed by atoms with E-state index >= 15 is 0 Å². The van der Waals surface area contributed by atoms with Crippen LogP contribution in [0.4, 0.5) is 17.1 Å². The SMILES string of the molecule is CC1(C)c2cc(CC3OC(C)(C)C(C)(C)O3)ccc2-c2ccc(N(c3ccc4c(c3)C(C)(C)c3cc(B5OC(C)(C)C(C)(C)O5)ccc3-4)c3cccc4c3-c3ccccc3C43c4ccccc4-c4ccccc43)cc21. The van der Waals surface area contributed by atoms with Gasteiger partial charge in [0.15, 0.2) is 6.29 Å². The lowest BCUT2D eigenvalue weighted by atomic mass is 9.70. The Labute approximate surface area is 444 Å². The number of fused-ring (bicyclic) bond motifs is 16. The Balaban J connectivity index is 0.938. The number of hydrogen-bond donors (Lipinski definition) is 0. The zero-order valence-corrected chi connectivity index (χ0v) is 45.5.